The Morgan fingerprint density at radius 2 is 1.10 bits per heavy atom. The Bertz CT molecular complexity index is 1080. The normalized spacial score (nSPS) is 12.4. The number of ketones is 2. The van der Waals surface area contributed by atoms with Crippen molar-refractivity contribution in [1.82, 2.24) is 0 Å². The second-order valence-electron chi connectivity index (χ2n) is 5.36. The number of halogens is 9. The highest BCUT2D eigenvalue weighted by molar-refractivity contribution is 6.56. The predicted octanol–water partition coefficient (Wildman–Crippen LogP) is 6.33. The topological polar surface area (TPSA) is 52.6 Å². The molecule has 0 atom stereocenters. The highest BCUT2D eigenvalue weighted by Crippen LogP contribution is 2.49. The average molecular weight is 508 g/mol. The Hall–Kier alpha value is -1.32. The van der Waals surface area contributed by atoms with Crippen LogP contribution >= 0.6 is 58.0 Å². The van der Waals surface area contributed by atoms with Crippen LogP contribution in [0.1, 0.15) is 31.8 Å². The molecule has 0 radical (unpaired) electrons. The van der Waals surface area contributed by atoms with Gasteiger partial charge in [-0.05, 0) is 0 Å². The SMILES string of the molecule is O=C1c2c(OB(F)F)cc(Cl)c(OB(F)F)c2C(=O)c2c(Cl)c(Cl)c(Cl)c(Cl)c21. The molecule has 0 N–H and O–H groups in total. The van der Waals surface area contributed by atoms with Crippen molar-refractivity contribution in [1.29, 1.82) is 0 Å². The Kier molecular flexibility index (Phi) is 6.23. The summed E-state index contributed by atoms with van der Waals surface area (Å²) in [5.74, 6) is -4.13. The third kappa shape index (κ3) is 3.65. The molecule has 0 heterocycles. The van der Waals surface area contributed by atoms with E-state index in [1.54, 1.807) is 0 Å². The second-order valence-corrected chi connectivity index (χ2v) is 7.28. The zero-order valence-corrected chi connectivity index (χ0v) is 17.0. The van der Waals surface area contributed by atoms with Crippen LogP contribution in [-0.2, 0) is 0 Å². The molecule has 0 unspecified atom stereocenters. The zero-order chi connectivity index (χ0) is 21.8. The largest absolute Gasteiger partial charge is 0.796 e. The first-order valence-corrected chi connectivity index (χ1v) is 9.07. The van der Waals surface area contributed by atoms with Crippen LogP contribution in [0.4, 0.5) is 17.3 Å². The van der Waals surface area contributed by atoms with Gasteiger partial charge in [0.15, 0.2) is 11.6 Å². The molecular formula is C14HB2Cl5F4O4. The molecule has 29 heavy (non-hydrogen) atoms. The molecule has 0 amide bonds. The summed E-state index contributed by atoms with van der Waals surface area (Å²) in [4.78, 5) is 26.1. The summed E-state index contributed by atoms with van der Waals surface area (Å²) in [6, 6.07) is 0.632. The summed E-state index contributed by atoms with van der Waals surface area (Å²) < 4.78 is 59.8. The Morgan fingerprint density at radius 3 is 1.55 bits per heavy atom. The van der Waals surface area contributed by atoms with Gasteiger partial charge in [-0.1, -0.05) is 58.0 Å². The van der Waals surface area contributed by atoms with E-state index in [0.29, 0.717) is 6.07 Å². The lowest BCUT2D eigenvalue weighted by Gasteiger charge is -2.25. The van der Waals surface area contributed by atoms with E-state index in [2.05, 4.69) is 9.31 Å². The minimum Gasteiger partial charge on any atom is -0.505 e. The molecule has 2 aromatic rings. The van der Waals surface area contributed by atoms with Gasteiger partial charge in [0.25, 0.3) is 0 Å². The van der Waals surface area contributed by atoms with Gasteiger partial charge in [-0.15, -0.1) is 0 Å². The minimum atomic E-state index is -3.46. The minimum absolute atomic E-state index is 0.379. The van der Waals surface area contributed by atoms with Crippen LogP contribution < -0.4 is 9.31 Å². The van der Waals surface area contributed by atoms with Gasteiger partial charge in [-0.25, -0.2) is 17.3 Å². The van der Waals surface area contributed by atoms with E-state index >= 15 is 0 Å². The highest BCUT2D eigenvalue weighted by Gasteiger charge is 2.42. The molecule has 0 aromatic heterocycles. The van der Waals surface area contributed by atoms with Gasteiger partial charge in [0, 0.05) is 6.07 Å². The number of hydrogen-bond acceptors (Lipinski definition) is 4. The van der Waals surface area contributed by atoms with Crippen molar-refractivity contribution >= 4 is 84.5 Å². The van der Waals surface area contributed by atoms with E-state index in [1.807, 2.05) is 0 Å². The molecule has 0 saturated heterocycles. The Labute approximate surface area is 185 Å². The first-order chi connectivity index (χ1) is 13.5. The van der Waals surface area contributed by atoms with Crippen molar-refractivity contribution in [3.8, 4) is 11.5 Å². The maximum absolute atomic E-state index is 13.1. The zero-order valence-electron chi connectivity index (χ0n) is 13.3. The van der Waals surface area contributed by atoms with E-state index in [9.17, 15) is 26.9 Å². The lowest BCUT2D eigenvalue weighted by molar-refractivity contribution is 0.0975. The molecule has 15 heteroatoms. The third-order valence-electron chi connectivity index (χ3n) is 3.80. The molecule has 3 rings (SSSR count). The first-order valence-electron chi connectivity index (χ1n) is 7.18. The molecule has 4 nitrogen and oxygen atoms in total. The van der Waals surface area contributed by atoms with Crippen molar-refractivity contribution < 1.29 is 36.2 Å². The van der Waals surface area contributed by atoms with E-state index in [1.165, 1.54) is 0 Å². The van der Waals surface area contributed by atoms with Gasteiger partial charge < -0.3 is 9.31 Å². The highest BCUT2D eigenvalue weighted by atomic mass is 35.5. The van der Waals surface area contributed by atoms with Crippen molar-refractivity contribution in [2.75, 3.05) is 0 Å². The summed E-state index contributed by atoms with van der Waals surface area (Å²) in [6.07, 6.45) is 0. The van der Waals surface area contributed by atoms with Crippen LogP contribution in [0.15, 0.2) is 6.07 Å². The van der Waals surface area contributed by atoms with Crippen LogP contribution in [0.3, 0.4) is 0 Å². The fraction of sp³-hybridized carbons (Fsp3) is 0. The van der Waals surface area contributed by atoms with Crippen LogP contribution in [0.25, 0.3) is 0 Å². The van der Waals surface area contributed by atoms with Crippen molar-refractivity contribution in [2.45, 2.75) is 0 Å². The summed E-state index contributed by atoms with van der Waals surface area (Å²) >= 11 is 29.6. The van der Waals surface area contributed by atoms with Crippen LogP contribution in [-0.4, -0.2) is 26.5 Å². The summed E-state index contributed by atoms with van der Waals surface area (Å²) in [7, 11) is -6.90. The lowest BCUT2D eigenvalue weighted by atomic mass is 9.82. The number of benzene rings is 2. The molecule has 1 aliphatic carbocycles. The van der Waals surface area contributed by atoms with Gasteiger partial charge >= 0.3 is 14.9 Å². The molecule has 0 spiro atoms. The van der Waals surface area contributed by atoms with E-state index in [-0.39, 0.29) is 10.0 Å². The number of hydrogen-bond donors (Lipinski definition) is 0. The number of carbonyl (C=O) groups excluding carboxylic acids is 2. The van der Waals surface area contributed by atoms with Crippen LogP contribution in [0, 0.1) is 0 Å². The second kappa shape index (κ2) is 8.07. The summed E-state index contributed by atoms with van der Waals surface area (Å²) in [5.41, 5.74) is -2.82. The third-order valence-corrected chi connectivity index (χ3v) is 5.88. The van der Waals surface area contributed by atoms with Gasteiger partial charge in [0.1, 0.15) is 11.5 Å². The van der Waals surface area contributed by atoms with E-state index < -0.39 is 75.3 Å². The van der Waals surface area contributed by atoms with E-state index in [4.69, 9.17) is 58.0 Å². The number of rotatable bonds is 4. The maximum atomic E-state index is 13.1. The average Bonchev–Trinajstić information content (AvgIpc) is 2.62. The van der Waals surface area contributed by atoms with Gasteiger partial charge in [0.05, 0.1) is 47.4 Å². The monoisotopic (exact) mass is 506 g/mol. The predicted molar refractivity (Wildman–Crippen MR) is 102 cm³/mol. The molecule has 0 bridgehead atoms. The fourth-order valence-corrected chi connectivity index (χ4v) is 4.01. The summed E-state index contributed by atoms with van der Waals surface area (Å²) in [5, 5.41) is -2.44. The van der Waals surface area contributed by atoms with Crippen molar-refractivity contribution in [3.63, 3.8) is 0 Å². The summed E-state index contributed by atoms with van der Waals surface area (Å²) in [6.45, 7) is 0. The molecular weight excluding hydrogens is 507 g/mol. The first kappa shape index (κ1) is 22.4. The fourth-order valence-electron chi connectivity index (χ4n) is 2.75. The maximum Gasteiger partial charge on any atom is 0.796 e. The van der Waals surface area contributed by atoms with Gasteiger partial charge in [-0.2, -0.15) is 0 Å². The van der Waals surface area contributed by atoms with Crippen molar-refractivity contribution in [2.24, 2.45) is 0 Å². The molecule has 0 fully saturated rings. The quantitative estimate of drug-likeness (QED) is 0.179. The molecule has 1 aliphatic rings. The lowest BCUT2D eigenvalue weighted by Crippen LogP contribution is -2.26. The van der Waals surface area contributed by atoms with Crippen molar-refractivity contribution in [3.05, 3.63) is 53.4 Å². The number of fused-ring (bicyclic) bond motifs is 2. The number of carbonyl (C=O) groups is 2. The molecule has 150 valence electrons. The smallest absolute Gasteiger partial charge is 0.505 e. The standard InChI is InChI=1S/C14HB2Cl5F4O4/c17-2-1-3(28-15(22)23)4-7(14(2)29-16(24)25)13(27)6-5(12(4)26)8(18)10(20)11(21)9(6)19/h1H. The molecule has 0 aliphatic heterocycles. The molecule has 2 aromatic carbocycles. The van der Waals surface area contributed by atoms with E-state index in [0.717, 1.165) is 0 Å². The molecule has 0 saturated carbocycles. The van der Waals surface area contributed by atoms with Crippen LogP contribution in [0.5, 0.6) is 11.5 Å². The van der Waals surface area contributed by atoms with Gasteiger partial charge in [-0.3, -0.25) is 9.59 Å². The van der Waals surface area contributed by atoms with Gasteiger partial charge in [0.2, 0.25) is 0 Å². The van der Waals surface area contributed by atoms with Crippen LogP contribution in [0.2, 0.25) is 25.1 Å². The Balaban J connectivity index is 2.44. The Morgan fingerprint density at radius 1 is 0.655 bits per heavy atom.